The molecule has 0 aliphatic carbocycles. The lowest BCUT2D eigenvalue weighted by molar-refractivity contribution is 0.476. The van der Waals surface area contributed by atoms with Crippen molar-refractivity contribution in [1.82, 2.24) is 9.97 Å². The van der Waals surface area contributed by atoms with Crippen molar-refractivity contribution in [2.24, 2.45) is 0 Å². The topological polar surface area (TPSA) is 48.9 Å². The van der Waals surface area contributed by atoms with E-state index in [1.54, 1.807) is 18.3 Å². The lowest BCUT2D eigenvalue weighted by atomic mass is 10.1. The maximum absolute atomic E-state index is 9.51. The van der Waals surface area contributed by atoms with Gasteiger partial charge in [0.2, 0.25) is 0 Å². The molecule has 1 aromatic carbocycles. The molecule has 0 bridgehead atoms. The Hall–Kier alpha value is -2.29. The molecule has 0 amide bonds. The van der Waals surface area contributed by atoms with E-state index >= 15 is 0 Å². The monoisotopic (exact) mass is 224 g/mol. The lowest BCUT2D eigenvalue weighted by Gasteiger charge is -1.99. The second-order valence-electron chi connectivity index (χ2n) is 4.04. The summed E-state index contributed by atoms with van der Waals surface area (Å²) in [7, 11) is 0. The highest BCUT2D eigenvalue weighted by Crippen LogP contribution is 2.24. The molecule has 3 rings (SSSR count). The first-order valence-corrected chi connectivity index (χ1v) is 5.52. The van der Waals surface area contributed by atoms with E-state index in [2.05, 4.69) is 9.97 Å². The highest BCUT2D eigenvalue weighted by atomic mass is 16.3. The summed E-state index contributed by atoms with van der Waals surface area (Å²) in [6.07, 6.45) is 4.53. The number of nitrogens with zero attached hydrogens (tertiary/aromatic N) is 1. The SMILES string of the molecule is Oc1ccc2[nH]cc(Cc3ccccn3)c2c1. The van der Waals surface area contributed by atoms with Crippen LogP contribution in [0.5, 0.6) is 5.75 Å². The fourth-order valence-corrected chi connectivity index (χ4v) is 2.01. The average molecular weight is 224 g/mol. The molecule has 0 fully saturated rings. The molecule has 3 nitrogen and oxygen atoms in total. The van der Waals surface area contributed by atoms with E-state index in [9.17, 15) is 5.11 Å². The molecule has 0 unspecified atom stereocenters. The van der Waals surface area contributed by atoms with Crippen LogP contribution in [0.2, 0.25) is 0 Å². The number of nitrogens with one attached hydrogen (secondary N) is 1. The second kappa shape index (κ2) is 3.94. The number of hydrogen-bond donors (Lipinski definition) is 2. The molecule has 17 heavy (non-hydrogen) atoms. The Morgan fingerprint density at radius 1 is 1.18 bits per heavy atom. The van der Waals surface area contributed by atoms with Crippen LogP contribution in [0.3, 0.4) is 0 Å². The van der Waals surface area contributed by atoms with Crippen molar-refractivity contribution in [3.8, 4) is 5.75 Å². The highest BCUT2D eigenvalue weighted by Gasteiger charge is 2.05. The van der Waals surface area contributed by atoms with Crippen molar-refractivity contribution in [1.29, 1.82) is 0 Å². The van der Waals surface area contributed by atoms with Gasteiger partial charge in [-0.1, -0.05) is 6.07 Å². The number of fused-ring (bicyclic) bond motifs is 1. The number of pyridine rings is 1. The van der Waals surface area contributed by atoms with Crippen LogP contribution in [0, 0.1) is 0 Å². The van der Waals surface area contributed by atoms with Gasteiger partial charge in [0, 0.05) is 35.4 Å². The van der Waals surface area contributed by atoms with Gasteiger partial charge in [0.05, 0.1) is 0 Å². The number of aromatic amines is 1. The number of benzene rings is 1. The number of aromatic nitrogens is 2. The van der Waals surface area contributed by atoms with E-state index in [0.29, 0.717) is 5.75 Å². The zero-order chi connectivity index (χ0) is 11.7. The molecule has 3 heteroatoms. The van der Waals surface area contributed by atoms with Crippen LogP contribution in [0.25, 0.3) is 10.9 Å². The second-order valence-corrected chi connectivity index (χ2v) is 4.04. The molecule has 0 aliphatic heterocycles. The summed E-state index contributed by atoms with van der Waals surface area (Å²) in [5.74, 6) is 0.291. The predicted molar refractivity (Wildman–Crippen MR) is 67.0 cm³/mol. The van der Waals surface area contributed by atoms with Crippen LogP contribution in [0.15, 0.2) is 48.8 Å². The van der Waals surface area contributed by atoms with Gasteiger partial charge < -0.3 is 10.1 Å². The Kier molecular flexibility index (Phi) is 2.29. The summed E-state index contributed by atoms with van der Waals surface area (Å²) in [6, 6.07) is 11.2. The standard InChI is InChI=1S/C14H12N2O/c17-12-4-5-14-13(8-12)10(9-16-14)7-11-3-1-2-6-15-11/h1-6,8-9,16-17H,7H2. The van der Waals surface area contributed by atoms with E-state index in [4.69, 9.17) is 0 Å². The van der Waals surface area contributed by atoms with E-state index in [1.807, 2.05) is 30.5 Å². The van der Waals surface area contributed by atoms with Gasteiger partial charge in [-0.2, -0.15) is 0 Å². The molecule has 0 spiro atoms. The summed E-state index contributed by atoms with van der Waals surface area (Å²) in [4.78, 5) is 7.50. The molecule has 2 heterocycles. The van der Waals surface area contributed by atoms with Crippen LogP contribution < -0.4 is 0 Å². The molecule has 0 saturated heterocycles. The first kappa shape index (κ1) is 9.90. The molecule has 3 aromatic rings. The van der Waals surface area contributed by atoms with Gasteiger partial charge >= 0.3 is 0 Å². The van der Waals surface area contributed by atoms with Crippen LogP contribution >= 0.6 is 0 Å². The quantitative estimate of drug-likeness (QED) is 0.703. The van der Waals surface area contributed by atoms with Crippen molar-refractivity contribution in [2.45, 2.75) is 6.42 Å². The normalized spacial score (nSPS) is 10.8. The Bertz CT molecular complexity index is 644. The molecule has 2 aromatic heterocycles. The van der Waals surface area contributed by atoms with Crippen molar-refractivity contribution >= 4 is 10.9 Å². The van der Waals surface area contributed by atoms with Gasteiger partial charge in [0.15, 0.2) is 0 Å². The van der Waals surface area contributed by atoms with E-state index < -0.39 is 0 Å². The van der Waals surface area contributed by atoms with E-state index in [-0.39, 0.29) is 0 Å². The predicted octanol–water partition coefficient (Wildman–Crippen LogP) is 2.86. The van der Waals surface area contributed by atoms with Crippen LogP contribution in [0.4, 0.5) is 0 Å². The number of phenolic OH excluding ortho intramolecular Hbond substituents is 1. The average Bonchev–Trinajstić information content (AvgIpc) is 2.73. The minimum atomic E-state index is 0.291. The summed E-state index contributed by atoms with van der Waals surface area (Å²) in [6.45, 7) is 0. The Labute approximate surface area is 98.8 Å². The fraction of sp³-hybridized carbons (Fsp3) is 0.0714. The first-order chi connectivity index (χ1) is 8.33. The van der Waals surface area contributed by atoms with Gasteiger partial charge in [0.25, 0.3) is 0 Å². The van der Waals surface area contributed by atoms with Gasteiger partial charge in [0.1, 0.15) is 5.75 Å². The Balaban J connectivity index is 2.03. The smallest absolute Gasteiger partial charge is 0.116 e. The molecule has 84 valence electrons. The van der Waals surface area contributed by atoms with Gasteiger partial charge in [-0.15, -0.1) is 0 Å². The molecule has 0 atom stereocenters. The van der Waals surface area contributed by atoms with Gasteiger partial charge in [-0.25, -0.2) is 0 Å². The van der Waals surface area contributed by atoms with Gasteiger partial charge in [-0.3, -0.25) is 4.98 Å². The highest BCUT2D eigenvalue weighted by molar-refractivity contribution is 5.84. The van der Waals surface area contributed by atoms with Gasteiger partial charge in [-0.05, 0) is 35.9 Å². The third-order valence-corrected chi connectivity index (χ3v) is 2.85. The Morgan fingerprint density at radius 3 is 2.94 bits per heavy atom. The first-order valence-electron chi connectivity index (χ1n) is 5.52. The number of aromatic hydroxyl groups is 1. The Morgan fingerprint density at radius 2 is 2.12 bits per heavy atom. The lowest BCUT2D eigenvalue weighted by Crippen LogP contribution is -1.89. The third kappa shape index (κ3) is 1.87. The van der Waals surface area contributed by atoms with Crippen molar-refractivity contribution in [2.75, 3.05) is 0 Å². The van der Waals surface area contributed by atoms with Crippen molar-refractivity contribution in [3.05, 3.63) is 60.0 Å². The summed E-state index contributed by atoms with van der Waals surface area (Å²) < 4.78 is 0. The minimum absolute atomic E-state index is 0.291. The third-order valence-electron chi connectivity index (χ3n) is 2.85. The molecular formula is C14H12N2O. The number of phenols is 1. The molecule has 0 radical (unpaired) electrons. The maximum atomic E-state index is 9.51. The number of H-pyrrole nitrogens is 1. The maximum Gasteiger partial charge on any atom is 0.116 e. The number of hydrogen-bond acceptors (Lipinski definition) is 2. The summed E-state index contributed by atoms with van der Waals surface area (Å²) >= 11 is 0. The van der Waals surface area contributed by atoms with Crippen LogP contribution in [0.1, 0.15) is 11.3 Å². The summed E-state index contributed by atoms with van der Waals surface area (Å²) in [5, 5.41) is 10.6. The molecule has 0 saturated carbocycles. The zero-order valence-corrected chi connectivity index (χ0v) is 9.22. The van der Waals surface area contributed by atoms with E-state index in [1.165, 1.54) is 0 Å². The number of rotatable bonds is 2. The molecular weight excluding hydrogens is 212 g/mol. The molecule has 0 aliphatic rings. The van der Waals surface area contributed by atoms with Crippen LogP contribution in [-0.4, -0.2) is 15.1 Å². The van der Waals surface area contributed by atoms with Crippen molar-refractivity contribution < 1.29 is 5.11 Å². The largest absolute Gasteiger partial charge is 0.508 e. The van der Waals surface area contributed by atoms with E-state index in [0.717, 1.165) is 28.6 Å². The summed E-state index contributed by atoms with van der Waals surface area (Å²) in [5.41, 5.74) is 3.21. The van der Waals surface area contributed by atoms with Crippen molar-refractivity contribution in [3.63, 3.8) is 0 Å². The minimum Gasteiger partial charge on any atom is -0.508 e. The zero-order valence-electron chi connectivity index (χ0n) is 9.22. The van der Waals surface area contributed by atoms with Crippen LogP contribution in [-0.2, 0) is 6.42 Å². The fourth-order valence-electron chi connectivity index (χ4n) is 2.01. The molecule has 2 N–H and O–H groups in total.